The summed E-state index contributed by atoms with van der Waals surface area (Å²) in [6.07, 6.45) is 0. The van der Waals surface area contributed by atoms with Crippen molar-refractivity contribution in [1.29, 1.82) is 0 Å². The Labute approximate surface area is 131 Å². The van der Waals surface area contributed by atoms with Crippen LogP contribution in [-0.2, 0) is 6.54 Å². The van der Waals surface area contributed by atoms with Gasteiger partial charge >= 0.3 is 0 Å². The molecule has 2 rings (SSSR count). The fourth-order valence-electron chi connectivity index (χ4n) is 2.52. The third kappa shape index (κ3) is 3.39. The van der Waals surface area contributed by atoms with E-state index >= 15 is 0 Å². The number of hydrogen-bond donors (Lipinski definition) is 1. The molecule has 4 heteroatoms. The Bertz CT molecular complexity index is 690. The van der Waals surface area contributed by atoms with Gasteiger partial charge in [-0.2, -0.15) is 0 Å². The van der Waals surface area contributed by atoms with E-state index in [-0.39, 0.29) is 11.6 Å². The van der Waals surface area contributed by atoms with Gasteiger partial charge in [0.15, 0.2) is 0 Å². The third-order valence-electron chi connectivity index (χ3n) is 3.64. The Hall–Kier alpha value is -2.07. The van der Waals surface area contributed by atoms with E-state index in [4.69, 9.17) is 4.74 Å². The van der Waals surface area contributed by atoms with E-state index in [1.807, 2.05) is 61.7 Å². The molecule has 118 valence electrons. The zero-order chi connectivity index (χ0) is 16.1. The number of ether oxygens (including phenoxy) is 1. The predicted octanol–water partition coefficient (Wildman–Crippen LogP) is 3.21. The van der Waals surface area contributed by atoms with Crippen LogP contribution in [-0.4, -0.2) is 18.2 Å². The Morgan fingerprint density at radius 3 is 2.64 bits per heavy atom. The summed E-state index contributed by atoms with van der Waals surface area (Å²) in [5, 5.41) is 3.22. The lowest BCUT2D eigenvalue weighted by atomic mass is 10.1. The number of aromatic nitrogens is 1. The van der Waals surface area contributed by atoms with Crippen LogP contribution in [0.25, 0.3) is 11.3 Å². The first-order chi connectivity index (χ1) is 10.6. The molecule has 1 N–H and O–H groups in total. The van der Waals surface area contributed by atoms with Crippen LogP contribution in [0.3, 0.4) is 0 Å². The molecular weight excluding hydrogens is 276 g/mol. The molecule has 1 aromatic heterocycles. The molecule has 0 radical (unpaired) electrons. The first kappa shape index (κ1) is 16.3. The summed E-state index contributed by atoms with van der Waals surface area (Å²) in [5.74, 6) is 0.789. The SMILES string of the molecule is CCNCc1ccc(-c2cccc(OC)c2)n(C(C)C)c1=O. The summed E-state index contributed by atoms with van der Waals surface area (Å²) >= 11 is 0. The molecule has 0 fully saturated rings. The van der Waals surface area contributed by atoms with Crippen LogP contribution in [0.1, 0.15) is 32.4 Å². The maximum atomic E-state index is 12.8. The lowest BCUT2D eigenvalue weighted by Crippen LogP contribution is -2.29. The number of pyridine rings is 1. The monoisotopic (exact) mass is 300 g/mol. The zero-order valence-corrected chi connectivity index (χ0v) is 13.7. The highest BCUT2D eigenvalue weighted by Crippen LogP contribution is 2.25. The first-order valence-electron chi connectivity index (χ1n) is 7.68. The fourth-order valence-corrected chi connectivity index (χ4v) is 2.52. The van der Waals surface area contributed by atoms with Crippen LogP contribution in [0.4, 0.5) is 0 Å². The molecule has 2 aromatic rings. The van der Waals surface area contributed by atoms with Crippen LogP contribution < -0.4 is 15.6 Å². The van der Waals surface area contributed by atoms with E-state index in [1.54, 1.807) is 7.11 Å². The summed E-state index contributed by atoms with van der Waals surface area (Å²) in [5.41, 5.74) is 2.76. The van der Waals surface area contributed by atoms with E-state index < -0.39 is 0 Å². The van der Waals surface area contributed by atoms with Crippen molar-refractivity contribution < 1.29 is 4.74 Å². The third-order valence-corrected chi connectivity index (χ3v) is 3.64. The van der Waals surface area contributed by atoms with Gasteiger partial charge in [0, 0.05) is 23.7 Å². The van der Waals surface area contributed by atoms with Crippen LogP contribution in [0, 0.1) is 0 Å². The Kier molecular flexibility index (Phi) is 5.39. The molecular formula is C18H24N2O2. The number of rotatable bonds is 6. The standard InChI is InChI=1S/C18H24N2O2/c1-5-19-12-15-9-10-17(20(13(2)3)18(15)21)14-7-6-8-16(11-14)22-4/h6-11,13,19H,5,12H2,1-4H3. The van der Waals surface area contributed by atoms with Crippen molar-refractivity contribution >= 4 is 0 Å². The van der Waals surface area contributed by atoms with Gasteiger partial charge in [-0.05, 0) is 38.6 Å². The van der Waals surface area contributed by atoms with E-state index in [2.05, 4.69) is 5.32 Å². The first-order valence-corrected chi connectivity index (χ1v) is 7.68. The van der Waals surface area contributed by atoms with Gasteiger partial charge in [-0.1, -0.05) is 25.1 Å². The highest BCUT2D eigenvalue weighted by molar-refractivity contribution is 5.62. The fraction of sp³-hybridized carbons (Fsp3) is 0.389. The minimum absolute atomic E-state index is 0.0660. The lowest BCUT2D eigenvalue weighted by Gasteiger charge is -2.18. The number of benzene rings is 1. The largest absolute Gasteiger partial charge is 0.497 e. The second-order valence-corrected chi connectivity index (χ2v) is 5.53. The van der Waals surface area contributed by atoms with Gasteiger partial charge in [-0.15, -0.1) is 0 Å². The summed E-state index contributed by atoms with van der Waals surface area (Å²) in [7, 11) is 1.65. The molecule has 0 atom stereocenters. The maximum absolute atomic E-state index is 12.8. The van der Waals surface area contributed by atoms with Gasteiger partial charge in [0.05, 0.1) is 12.8 Å². The van der Waals surface area contributed by atoms with Crippen molar-refractivity contribution in [3.63, 3.8) is 0 Å². The van der Waals surface area contributed by atoms with Gasteiger partial charge in [0.25, 0.3) is 5.56 Å². The maximum Gasteiger partial charge on any atom is 0.255 e. The van der Waals surface area contributed by atoms with Gasteiger partial charge in [0.1, 0.15) is 5.75 Å². The Morgan fingerprint density at radius 2 is 2.00 bits per heavy atom. The van der Waals surface area contributed by atoms with E-state index in [1.165, 1.54) is 0 Å². The summed E-state index contributed by atoms with van der Waals surface area (Å²) in [6.45, 7) is 7.54. The molecule has 0 unspecified atom stereocenters. The number of hydrogen-bond acceptors (Lipinski definition) is 3. The number of methoxy groups -OCH3 is 1. The topological polar surface area (TPSA) is 43.3 Å². The van der Waals surface area contributed by atoms with E-state index in [0.29, 0.717) is 6.54 Å². The van der Waals surface area contributed by atoms with Crippen LogP contribution in [0.2, 0.25) is 0 Å². The molecule has 4 nitrogen and oxygen atoms in total. The highest BCUT2D eigenvalue weighted by Gasteiger charge is 2.13. The van der Waals surface area contributed by atoms with Crippen molar-refractivity contribution in [3.05, 3.63) is 52.3 Å². The van der Waals surface area contributed by atoms with Crippen molar-refractivity contribution in [1.82, 2.24) is 9.88 Å². The highest BCUT2D eigenvalue weighted by atomic mass is 16.5. The molecule has 0 aliphatic rings. The minimum atomic E-state index is 0.0660. The van der Waals surface area contributed by atoms with Crippen molar-refractivity contribution in [2.45, 2.75) is 33.4 Å². The van der Waals surface area contributed by atoms with E-state index in [9.17, 15) is 4.79 Å². The van der Waals surface area contributed by atoms with E-state index in [0.717, 1.165) is 29.1 Å². The molecule has 0 bridgehead atoms. The van der Waals surface area contributed by atoms with Gasteiger partial charge in [0.2, 0.25) is 0 Å². The average Bonchev–Trinajstić information content (AvgIpc) is 2.53. The normalized spacial score (nSPS) is 11.0. The van der Waals surface area contributed by atoms with Crippen molar-refractivity contribution in [2.24, 2.45) is 0 Å². The van der Waals surface area contributed by atoms with Gasteiger partial charge in [-0.25, -0.2) is 0 Å². The Balaban J connectivity index is 2.56. The lowest BCUT2D eigenvalue weighted by molar-refractivity contribution is 0.415. The summed E-state index contributed by atoms with van der Waals surface area (Å²) in [4.78, 5) is 12.8. The number of nitrogens with zero attached hydrogens (tertiary/aromatic N) is 1. The summed E-state index contributed by atoms with van der Waals surface area (Å²) < 4.78 is 7.14. The molecule has 0 aliphatic heterocycles. The van der Waals surface area contributed by atoms with Crippen LogP contribution in [0.5, 0.6) is 5.75 Å². The zero-order valence-electron chi connectivity index (χ0n) is 13.7. The van der Waals surface area contributed by atoms with Gasteiger partial charge in [-0.3, -0.25) is 4.79 Å². The summed E-state index contributed by atoms with van der Waals surface area (Å²) in [6, 6.07) is 11.8. The molecule has 0 spiro atoms. The van der Waals surface area contributed by atoms with Crippen LogP contribution in [0.15, 0.2) is 41.2 Å². The quantitative estimate of drug-likeness (QED) is 0.891. The second-order valence-electron chi connectivity index (χ2n) is 5.53. The van der Waals surface area contributed by atoms with Gasteiger partial charge < -0.3 is 14.6 Å². The van der Waals surface area contributed by atoms with Crippen LogP contribution >= 0.6 is 0 Å². The molecule has 22 heavy (non-hydrogen) atoms. The average molecular weight is 300 g/mol. The minimum Gasteiger partial charge on any atom is -0.497 e. The van der Waals surface area contributed by atoms with Crippen molar-refractivity contribution in [3.8, 4) is 17.0 Å². The number of nitrogens with one attached hydrogen (secondary N) is 1. The molecule has 1 aromatic carbocycles. The Morgan fingerprint density at radius 1 is 1.23 bits per heavy atom. The smallest absolute Gasteiger partial charge is 0.255 e. The molecule has 1 heterocycles. The van der Waals surface area contributed by atoms with Crippen molar-refractivity contribution in [2.75, 3.05) is 13.7 Å². The predicted molar refractivity (Wildman–Crippen MR) is 90.5 cm³/mol. The molecule has 0 saturated carbocycles. The molecule has 0 aliphatic carbocycles. The second kappa shape index (κ2) is 7.27. The molecule has 0 saturated heterocycles. The molecule has 0 amide bonds.